The lowest BCUT2D eigenvalue weighted by atomic mass is 10.5. The second-order valence-corrected chi connectivity index (χ2v) is 16.8. The molecule has 0 amide bonds. The number of rotatable bonds is 28. The summed E-state index contributed by atoms with van der Waals surface area (Å²) in [4.78, 5) is 38.3. The molecular weight excluding hydrogens is 687 g/mol. The Hall–Kier alpha value is 0.590. The third-order valence-corrected chi connectivity index (χ3v) is 9.71. The van der Waals surface area contributed by atoms with Crippen molar-refractivity contribution >= 4 is 38.9 Å². The van der Waals surface area contributed by atoms with Gasteiger partial charge in [-0.3, -0.25) is 40.8 Å². The highest BCUT2D eigenvalue weighted by Crippen LogP contribution is 2.48. The topological polar surface area (TPSA) is 259 Å². The van der Waals surface area contributed by atoms with Crippen LogP contribution in [0.1, 0.15) is 53.4 Å². The normalized spacial score (nSPS) is 19.4. The number of hydrogen-bond acceptors (Lipinski definition) is 15. The van der Waals surface area contributed by atoms with Gasteiger partial charge in [0.1, 0.15) is 0 Å². The molecule has 5 atom stereocenters. The molecule has 0 aliphatic carbocycles. The molecule has 0 bridgehead atoms. The van der Waals surface area contributed by atoms with E-state index in [1.165, 1.54) is 6.66 Å². The fourth-order valence-corrected chi connectivity index (χ4v) is 7.17. The van der Waals surface area contributed by atoms with Crippen molar-refractivity contribution in [2.45, 2.75) is 65.6 Å². The van der Waals surface area contributed by atoms with E-state index in [2.05, 4.69) is 18.1 Å². The minimum atomic E-state index is -4.50. The Balaban J connectivity index is 3.96. The Morgan fingerprint density at radius 2 is 0.651 bits per heavy atom. The van der Waals surface area contributed by atoms with Gasteiger partial charge in [0.25, 0.3) is 0 Å². The summed E-state index contributed by atoms with van der Waals surface area (Å²) in [5, 5.41) is 0. The van der Waals surface area contributed by atoms with Crippen LogP contribution in [0, 0.1) is 0 Å². The van der Waals surface area contributed by atoms with Crippen molar-refractivity contribution in [1.82, 2.24) is 0 Å². The maximum absolute atomic E-state index is 12.0. The zero-order valence-corrected chi connectivity index (χ0v) is 29.3. The van der Waals surface area contributed by atoms with Crippen molar-refractivity contribution in [3.8, 4) is 0 Å². The average molecular weight is 732 g/mol. The summed E-state index contributed by atoms with van der Waals surface area (Å²) < 4.78 is 107. The van der Waals surface area contributed by atoms with Crippen molar-refractivity contribution in [2.75, 3.05) is 59.5 Å². The smallest absolute Gasteiger partial charge is 0.309 e. The standard InChI is InChI=1S/C19H45O19P5/c1-18(2)37-39(5,20)29-10-6-11-30-40(21,22)31-12-7-13-32-41(23,24)33-14-8-15-34-42(25,26)35-16-9-17-36-43(27,28)38-19(3)4/h18-19H,6-17H2,1-5H3,(H,21,22)(H,23,24)(H,25,26)(H,27,28). The average Bonchev–Trinajstić information content (AvgIpc) is 2.81. The molecule has 0 fully saturated rings. The summed E-state index contributed by atoms with van der Waals surface area (Å²) in [7, 11) is -20.8. The molecule has 0 spiro atoms. The Morgan fingerprint density at radius 3 is 0.907 bits per heavy atom. The predicted octanol–water partition coefficient (Wildman–Crippen LogP) is 4.75. The van der Waals surface area contributed by atoms with Gasteiger partial charge in [-0.15, -0.1) is 0 Å². The van der Waals surface area contributed by atoms with Gasteiger partial charge in [-0.1, -0.05) is 0 Å². The Kier molecular flexibility index (Phi) is 21.8. The molecule has 0 radical (unpaired) electrons. The zero-order chi connectivity index (χ0) is 33.2. The second kappa shape index (κ2) is 21.5. The third-order valence-electron chi connectivity index (χ3n) is 4.01. The largest absolute Gasteiger partial charge is 0.472 e. The fraction of sp³-hybridized carbons (Fsp3) is 1.00. The Morgan fingerprint density at radius 1 is 0.419 bits per heavy atom. The fourth-order valence-electron chi connectivity index (χ4n) is 2.55. The van der Waals surface area contributed by atoms with Gasteiger partial charge in [0.2, 0.25) is 0 Å². The highest BCUT2D eigenvalue weighted by Gasteiger charge is 2.26. The molecule has 43 heavy (non-hydrogen) atoms. The van der Waals surface area contributed by atoms with Crippen molar-refractivity contribution in [1.29, 1.82) is 0 Å². The van der Waals surface area contributed by atoms with Gasteiger partial charge in [-0.25, -0.2) is 18.3 Å². The molecule has 0 heterocycles. The van der Waals surface area contributed by atoms with E-state index >= 15 is 0 Å². The van der Waals surface area contributed by atoms with Crippen LogP contribution in [0.25, 0.3) is 0 Å². The lowest BCUT2D eigenvalue weighted by Crippen LogP contribution is -2.06. The van der Waals surface area contributed by atoms with E-state index in [9.17, 15) is 42.4 Å². The molecule has 0 rings (SSSR count). The third kappa shape index (κ3) is 27.4. The maximum atomic E-state index is 12.0. The number of phosphoric acid groups is 4. The van der Waals surface area contributed by atoms with Crippen LogP contribution >= 0.6 is 38.9 Å². The van der Waals surface area contributed by atoms with Gasteiger partial charge >= 0.3 is 38.9 Å². The van der Waals surface area contributed by atoms with Crippen molar-refractivity contribution in [2.24, 2.45) is 0 Å². The van der Waals surface area contributed by atoms with Gasteiger partial charge in [-0.05, 0) is 53.4 Å². The first kappa shape index (κ1) is 43.6. The summed E-state index contributed by atoms with van der Waals surface area (Å²) in [6.07, 6.45) is -0.883. The van der Waals surface area contributed by atoms with Crippen molar-refractivity contribution < 1.29 is 87.6 Å². The quantitative estimate of drug-likeness (QED) is 0.0624. The van der Waals surface area contributed by atoms with Crippen molar-refractivity contribution in [3.05, 3.63) is 0 Å². The van der Waals surface area contributed by atoms with Gasteiger partial charge in [0.05, 0.1) is 65.1 Å². The van der Waals surface area contributed by atoms with E-state index in [0.717, 1.165) is 0 Å². The molecule has 19 nitrogen and oxygen atoms in total. The first-order valence-corrected chi connectivity index (χ1v) is 21.0. The van der Waals surface area contributed by atoms with Crippen LogP contribution in [0.5, 0.6) is 0 Å². The van der Waals surface area contributed by atoms with Gasteiger partial charge < -0.3 is 28.6 Å². The van der Waals surface area contributed by atoms with Gasteiger partial charge in [0, 0.05) is 6.66 Å². The Labute approximate surface area is 251 Å². The first-order valence-electron chi connectivity index (χ1n) is 13.1. The van der Waals surface area contributed by atoms with E-state index in [0.29, 0.717) is 0 Å². The number of phosphoric ester groups is 4. The summed E-state index contributed by atoms with van der Waals surface area (Å²) in [6.45, 7) is 5.40. The van der Waals surface area contributed by atoms with E-state index < -0.39 is 45.0 Å². The lowest BCUT2D eigenvalue weighted by molar-refractivity contribution is 0.106. The minimum absolute atomic E-state index is 0.0176. The van der Waals surface area contributed by atoms with Crippen LogP contribution in [0.15, 0.2) is 0 Å². The van der Waals surface area contributed by atoms with Crippen LogP contribution in [0.2, 0.25) is 0 Å². The van der Waals surface area contributed by atoms with Crippen LogP contribution in [0.4, 0.5) is 0 Å². The summed E-state index contributed by atoms with van der Waals surface area (Å²) in [5.74, 6) is 0. The molecule has 260 valence electrons. The maximum Gasteiger partial charge on any atom is 0.472 e. The lowest BCUT2D eigenvalue weighted by Gasteiger charge is -2.17. The molecule has 5 unspecified atom stereocenters. The van der Waals surface area contributed by atoms with E-state index in [1.54, 1.807) is 27.7 Å². The van der Waals surface area contributed by atoms with Crippen LogP contribution < -0.4 is 0 Å². The first-order chi connectivity index (χ1) is 19.7. The SMILES string of the molecule is CC(C)OP(C)(=O)OCCCOP(=O)(O)OCCCOP(=O)(O)OCCCOP(=O)(O)OCCCOP(=O)(O)OC(C)C. The summed E-state index contributed by atoms with van der Waals surface area (Å²) in [5.41, 5.74) is 0. The van der Waals surface area contributed by atoms with E-state index in [1.807, 2.05) is 0 Å². The minimum Gasteiger partial charge on any atom is -0.309 e. The second-order valence-electron chi connectivity index (χ2n) is 9.03. The van der Waals surface area contributed by atoms with Gasteiger partial charge in [-0.2, -0.15) is 0 Å². The molecule has 0 aliphatic rings. The van der Waals surface area contributed by atoms with Gasteiger partial charge in [0.15, 0.2) is 0 Å². The van der Waals surface area contributed by atoms with Crippen LogP contribution in [-0.4, -0.2) is 91.3 Å². The predicted molar refractivity (Wildman–Crippen MR) is 151 cm³/mol. The molecular formula is C19H45O19P5. The van der Waals surface area contributed by atoms with Crippen LogP contribution in [0.3, 0.4) is 0 Å². The molecule has 0 saturated carbocycles. The molecule has 0 aliphatic heterocycles. The van der Waals surface area contributed by atoms with E-state index in [-0.39, 0.29) is 84.6 Å². The molecule has 0 aromatic rings. The highest BCUT2D eigenvalue weighted by atomic mass is 31.2. The number of hydrogen-bond donors (Lipinski definition) is 4. The van der Waals surface area contributed by atoms with E-state index in [4.69, 9.17) is 27.1 Å². The molecule has 4 N–H and O–H groups in total. The summed E-state index contributed by atoms with van der Waals surface area (Å²) in [6, 6.07) is 0. The zero-order valence-electron chi connectivity index (χ0n) is 24.8. The van der Waals surface area contributed by atoms with Crippen LogP contribution in [-0.2, 0) is 68.1 Å². The molecule has 0 saturated heterocycles. The van der Waals surface area contributed by atoms with Crippen molar-refractivity contribution in [3.63, 3.8) is 0 Å². The molecule has 24 heteroatoms. The molecule has 0 aromatic carbocycles. The molecule has 0 aromatic heterocycles. The Bertz CT molecular complexity index is 933. The highest BCUT2D eigenvalue weighted by molar-refractivity contribution is 7.53. The summed E-state index contributed by atoms with van der Waals surface area (Å²) >= 11 is 0. The monoisotopic (exact) mass is 732 g/mol.